The van der Waals surface area contributed by atoms with Crippen molar-refractivity contribution in [1.82, 2.24) is 5.32 Å². The van der Waals surface area contributed by atoms with Gasteiger partial charge in [-0.1, -0.05) is 48.0 Å². The van der Waals surface area contributed by atoms with Crippen molar-refractivity contribution in [3.05, 3.63) is 94.5 Å². The zero-order valence-corrected chi connectivity index (χ0v) is 16.7. The molecule has 0 fully saturated rings. The van der Waals surface area contributed by atoms with Gasteiger partial charge in [0.05, 0.1) is 5.56 Å². The van der Waals surface area contributed by atoms with E-state index in [9.17, 15) is 9.59 Å². The third kappa shape index (κ3) is 6.09. The molecule has 2 amide bonds. The summed E-state index contributed by atoms with van der Waals surface area (Å²) in [6.45, 7) is 2.16. The lowest BCUT2D eigenvalue weighted by molar-refractivity contribution is -0.114. The average Bonchev–Trinajstić information content (AvgIpc) is 2.72. The molecule has 0 radical (unpaired) electrons. The second kappa shape index (κ2) is 9.75. The van der Waals surface area contributed by atoms with Crippen molar-refractivity contribution in [3.63, 3.8) is 0 Å². The Kier molecular flexibility index (Phi) is 6.87. The van der Waals surface area contributed by atoms with Crippen LogP contribution in [0.4, 0.5) is 5.69 Å². The van der Waals surface area contributed by atoms with Gasteiger partial charge in [-0.15, -0.1) is 0 Å². The van der Waals surface area contributed by atoms with Crippen LogP contribution in [0, 0.1) is 0 Å². The summed E-state index contributed by atoms with van der Waals surface area (Å²) in [5.74, 6) is 0.171. The van der Waals surface area contributed by atoms with E-state index in [1.807, 2.05) is 30.3 Å². The van der Waals surface area contributed by atoms with Gasteiger partial charge in [0.1, 0.15) is 12.4 Å². The molecule has 0 aliphatic carbocycles. The average molecular weight is 409 g/mol. The van der Waals surface area contributed by atoms with E-state index >= 15 is 0 Å². The molecule has 0 saturated heterocycles. The topological polar surface area (TPSA) is 67.4 Å². The molecule has 0 bridgehead atoms. The number of benzene rings is 3. The van der Waals surface area contributed by atoms with Gasteiger partial charge in [0.2, 0.25) is 5.91 Å². The fourth-order valence-corrected chi connectivity index (χ4v) is 2.83. The fourth-order valence-electron chi connectivity index (χ4n) is 2.71. The van der Waals surface area contributed by atoms with Crippen LogP contribution < -0.4 is 15.4 Å². The van der Waals surface area contributed by atoms with E-state index < -0.39 is 0 Å². The SMILES string of the molecule is CC(=O)Nc1ccc(CNC(=O)c2ccccc2OCc2ccc(Cl)cc2)cc1. The first kappa shape index (κ1) is 20.4. The predicted molar refractivity (Wildman–Crippen MR) is 114 cm³/mol. The number of carbonyl (C=O) groups is 2. The highest BCUT2D eigenvalue weighted by Crippen LogP contribution is 2.20. The largest absolute Gasteiger partial charge is 0.488 e. The van der Waals surface area contributed by atoms with Crippen LogP contribution in [0.3, 0.4) is 0 Å². The molecule has 3 aromatic rings. The first-order valence-electron chi connectivity index (χ1n) is 9.12. The Balaban J connectivity index is 1.60. The van der Waals surface area contributed by atoms with E-state index in [1.54, 1.807) is 42.5 Å². The minimum absolute atomic E-state index is 0.124. The van der Waals surface area contributed by atoms with Gasteiger partial charge in [-0.2, -0.15) is 0 Å². The van der Waals surface area contributed by atoms with Gasteiger partial charge in [-0.25, -0.2) is 0 Å². The van der Waals surface area contributed by atoms with Crippen molar-refractivity contribution in [1.29, 1.82) is 0 Å². The van der Waals surface area contributed by atoms with Gasteiger partial charge in [-0.3, -0.25) is 9.59 Å². The number of anilines is 1. The lowest BCUT2D eigenvalue weighted by atomic mass is 10.1. The summed E-state index contributed by atoms with van der Waals surface area (Å²) >= 11 is 5.90. The monoisotopic (exact) mass is 408 g/mol. The molecule has 3 aromatic carbocycles. The van der Waals surface area contributed by atoms with Gasteiger partial charge in [-0.05, 0) is 47.5 Å². The first-order chi connectivity index (χ1) is 14.0. The van der Waals surface area contributed by atoms with Crippen LogP contribution in [0.1, 0.15) is 28.4 Å². The van der Waals surface area contributed by atoms with Crippen LogP contribution in [0.5, 0.6) is 5.75 Å². The van der Waals surface area contributed by atoms with Gasteiger partial charge in [0, 0.05) is 24.2 Å². The highest BCUT2D eigenvalue weighted by molar-refractivity contribution is 6.30. The standard InChI is InChI=1S/C23H21ClN2O3/c1-16(27)26-20-12-8-17(9-13-20)14-25-23(28)21-4-2-3-5-22(21)29-15-18-6-10-19(24)11-7-18/h2-13H,14-15H2,1H3,(H,25,28)(H,26,27). The van der Waals surface area contributed by atoms with Gasteiger partial charge >= 0.3 is 0 Å². The lowest BCUT2D eigenvalue weighted by Crippen LogP contribution is -2.23. The molecule has 5 nitrogen and oxygen atoms in total. The predicted octanol–water partition coefficient (Wildman–Crippen LogP) is 4.81. The van der Waals surface area contributed by atoms with E-state index in [0.29, 0.717) is 35.2 Å². The van der Waals surface area contributed by atoms with Gasteiger partial charge < -0.3 is 15.4 Å². The Morgan fingerprint density at radius 1 is 0.897 bits per heavy atom. The molecule has 29 heavy (non-hydrogen) atoms. The Hall–Kier alpha value is -3.31. The third-order valence-corrected chi connectivity index (χ3v) is 4.42. The summed E-state index contributed by atoms with van der Waals surface area (Å²) in [4.78, 5) is 23.7. The van der Waals surface area contributed by atoms with Gasteiger partial charge in [0.25, 0.3) is 5.91 Å². The number of para-hydroxylation sites is 1. The van der Waals surface area contributed by atoms with Crippen molar-refractivity contribution in [2.75, 3.05) is 5.32 Å². The fraction of sp³-hybridized carbons (Fsp3) is 0.130. The summed E-state index contributed by atoms with van der Waals surface area (Å²) in [5, 5.41) is 6.27. The maximum absolute atomic E-state index is 12.6. The van der Waals surface area contributed by atoms with E-state index in [4.69, 9.17) is 16.3 Å². The summed E-state index contributed by atoms with van der Waals surface area (Å²) in [5.41, 5.74) is 3.07. The molecule has 148 valence electrons. The molecule has 0 aliphatic heterocycles. The van der Waals surface area contributed by atoms with Crippen LogP contribution in [0.25, 0.3) is 0 Å². The first-order valence-corrected chi connectivity index (χ1v) is 9.50. The molecule has 0 atom stereocenters. The quantitative estimate of drug-likeness (QED) is 0.589. The van der Waals surface area contributed by atoms with Crippen LogP contribution in [-0.2, 0) is 17.9 Å². The van der Waals surface area contributed by atoms with E-state index in [1.165, 1.54) is 6.92 Å². The van der Waals surface area contributed by atoms with Crippen molar-refractivity contribution < 1.29 is 14.3 Å². The van der Waals surface area contributed by atoms with Crippen LogP contribution in [0.2, 0.25) is 5.02 Å². The summed E-state index contributed by atoms with van der Waals surface area (Å²) in [6, 6.07) is 21.8. The lowest BCUT2D eigenvalue weighted by Gasteiger charge is -2.12. The van der Waals surface area contributed by atoms with Crippen molar-refractivity contribution in [3.8, 4) is 5.75 Å². The Morgan fingerprint density at radius 2 is 1.55 bits per heavy atom. The molecule has 6 heteroatoms. The molecular weight excluding hydrogens is 388 g/mol. The molecular formula is C23H21ClN2O3. The number of hydrogen-bond acceptors (Lipinski definition) is 3. The summed E-state index contributed by atoms with van der Waals surface area (Å²) in [7, 11) is 0. The number of nitrogens with one attached hydrogen (secondary N) is 2. The molecule has 0 aromatic heterocycles. The smallest absolute Gasteiger partial charge is 0.255 e. The Morgan fingerprint density at radius 3 is 2.24 bits per heavy atom. The number of amides is 2. The molecule has 3 rings (SSSR count). The maximum atomic E-state index is 12.6. The van der Waals surface area contributed by atoms with Crippen molar-refractivity contribution in [2.24, 2.45) is 0 Å². The van der Waals surface area contributed by atoms with Crippen LogP contribution in [-0.4, -0.2) is 11.8 Å². The van der Waals surface area contributed by atoms with Crippen LogP contribution >= 0.6 is 11.6 Å². The normalized spacial score (nSPS) is 10.3. The highest BCUT2D eigenvalue weighted by atomic mass is 35.5. The Labute approximate surface area is 174 Å². The minimum Gasteiger partial charge on any atom is -0.488 e. The zero-order chi connectivity index (χ0) is 20.6. The number of hydrogen-bond donors (Lipinski definition) is 2. The molecule has 0 saturated carbocycles. The third-order valence-electron chi connectivity index (χ3n) is 4.17. The Bertz CT molecular complexity index is 986. The summed E-state index contributed by atoms with van der Waals surface area (Å²) in [6.07, 6.45) is 0. The minimum atomic E-state index is -0.220. The number of ether oxygens (including phenoxy) is 1. The van der Waals surface area contributed by atoms with E-state index in [2.05, 4.69) is 10.6 Å². The number of halogens is 1. The van der Waals surface area contributed by atoms with E-state index in [0.717, 1.165) is 11.1 Å². The molecule has 2 N–H and O–H groups in total. The van der Waals surface area contributed by atoms with Crippen LogP contribution in [0.15, 0.2) is 72.8 Å². The molecule has 0 spiro atoms. The van der Waals surface area contributed by atoms with Crippen molar-refractivity contribution >= 4 is 29.1 Å². The highest BCUT2D eigenvalue weighted by Gasteiger charge is 2.12. The molecule has 0 unspecified atom stereocenters. The zero-order valence-electron chi connectivity index (χ0n) is 15.9. The number of carbonyl (C=O) groups excluding carboxylic acids is 2. The van der Waals surface area contributed by atoms with E-state index in [-0.39, 0.29) is 11.8 Å². The summed E-state index contributed by atoms with van der Waals surface area (Å²) < 4.78 is 5.84. The molecule has 0 aliphatic rings. The second-order valence-corrected chi connectivity index (χ2v) is 6.91. The maximum Gasteiger partial charge on any atom is 0.255 e. The molecule has 0 heterocycles. The number of rotatable bonds is 7. The van der Waals surface area contributed by atoms with Crippen molar-refractivity contribution in [2.45, 2.75) is 20.1 Å². The second-order valence-electron chi connectivity index (χ2n) is 6.47. The van der Waals surface area contributed by atoms with Gasteiger partial charge in [0.15, 0.2) is 0 Å².